The van der Waals surface area contributed by atoms with E-state index >= 15 is 0 Å². The molecule has 0 spiro atoms. The van der Waals surface area contributed by atoms with E-state index in [0.29, 0.717) is 0 Å². The minimum absolute atomic E-state index is 0.926. The van der Waals surface area contributed by atoms with Gasteiger partial charge in [0.05, 0.1) is 7.11 Å². The number of rotatable bonds is 4. The molecule has 0 saturated carbocycles. The number of allylic oxidation sites excluding steroid dienone is 3. The molecule has 0 aliphatic rings. The van der Waals surface area contributed by atoms with E-state index in [0.717, 1.165) is 12.2 Å². The first-order chi connectivity index (χ1) is 8.13. The van der Waals surface area contributed by atoms with E-state index < -0.39 is 0 Å². The van der Waals surface area contributed by atoms with Crippen LogP contribution >= 0.6 is 0 Å². The van der Waals surface area contributed by atoms with Gasteiger partial charge < -0.3 is 4.74 Å². The number of benzene rings is 1. The van der Waals surface area contributed by atoms with E-state index in [2.05, 4.69) is 26.5 Å². The second-order valence-electron chi connectivity index (χ2n) is 3.98. The predicted molar refractivity (Wildman–Crippen MR) is 76.6 cm³/mol. The molecule has 0 N–H and O–H groups in total. The van der Waals surface area contributed by atoms with Crippen molar-refractivity contribution in [1.29, 1.82) is 0 Å². The van der Waals surface area contributed by atoms with Crippen LogP contribution in [-0.2, 0) is 0 Å². The molecular weight excluding hydrogens is 208 g/mol. The minimum atomic E-state index is 0.926. The first-order valence-corrected chi connectivity index (χ1v) is 5.97. The second kappa shape index (κ2) is 9.71. The summed E-state index contributed by atoms with van der Waals surface area (Å²) in [5.41, 5.74) is 2.68. The zero-order valence-electron chi connectivity index (χ0n) is 11.5. The number of ether oxygens (including phenoxy) is 1. The monoisotopic (exact) mass is 232 g/mol. The first kappa shape index (κ1) is 15.5. The SMILES string of the molecule is C=CCC/C(C)=C\C.COc1cccc(C)c1. The maximum absolute atomic E-state index is 5.00. The summed E-state index contributed by atoms with van der Waals surface area (Å²) < 4.78 is 5.00. The molecule has 0 amide bonds. The van der Waals surface area contributed by atoms with Crippen molar-refractivity contribution < 1.29 is 4.74 Å². The van der Waals surface area contributed by atoms with Crippen molar-refractivity contribution in [3.05, 3.63) is 54.1 Å². The third-order valence-corrected chi connectivity index (χ3v) is 2.46. The Morgan fingerprint density at radius 1 is 1.41 bits per heavy atom. The predicted octanol–water partition coefficient (Wildman–Crippen LogP) is 4.92. The molecule has 0 atom stereocenters. The number of hydrogen-bond acceptors (Lipinski definition) is 1. The van der Waals surface area contributed by atoms with Crippen LogP contribution in [0.2, 0.25) is 0 Å². The fourth-order valence-corrected chi connectivity index (χ4v) is 1.22. The highest BCUT2D eigenvalue weighted by Crippen LogP contribution is 2.10. The normalized spacial score (nSPS) is 10.2. The van der Waals surface area contributed by atoms with Gasteiger partial charge in [0.2, 0.25) is 0 Å². The van der Waals surface area contributed by atoms with Gasteiger partial charge >= 0.3 is 0 Å². The standard InChI is InChI=1S/C8H10O.C8H14/c1-7-4-3-5-8(6-7)9-2;1-4-6-7-8(3)5-2/h3-6H,1-2H3;4-5H,1,6-7H2,2-3H3/b;8-5-. The van der Waals surface area contributed by atoms with Crippen LogP contribution in [0.4, 0.5) is 0 Å². The topological polar surface area (TPSA) is 9.23 Å². The molecule has 0 radical (unpaired) electrons. The lowest BCUT2D eigenvalue weighted by atomic mass is 10.1. The number of methoxy groups -OCH3 is 1. The van der Waals surface area contributed by atoms with Crippen molar-refractivity contribution in [2.45, 2.75) is 33.6 Å². The smallest absolute Gasteiger partial charge is 0.119 e. The third kappa shape index (κ3) is 8.32. The van der Waals surface area contributed by atoms with Crippen molar-refractivity contribution in [2.24, 2.45) is 0 Å². The van der Waals surface area contributed by atoms with Gasteiger partial charge in [-0.05, 0) is 51.3 Å². The molecule has 0 unspecified atom stereocenters. The highest BCUT2D eigenvalue weighted by Gasteiger charge is 1.86. The lowest BCUT2D eigenvalue weighted by Gasteiger charge is -1.97. The van der Waals surface area contributed by atoms with Crippen molar-refractivity contribution in [3.8, 4) is 5.75 Å². The summed E-state index contributed by atoms with van der Waals surface area (Å²) in [5.74, 6) is 0.926. The Morgan fingerprint density at radius 2 is 2.12 bits per heavy atom. The van der Waals surface area contributed by atoms with Gasteiger partial charge in [0.25, 0.3) is 0 Å². The molecule has 94 valence electrons. The average molecular weight is 232 g/mol. The van der Waals surface area contributed by atoms with Crippen LogP contribution in [0.1, 0.15) is 32.3 Å². The van der Waals surface area contributed by atoms with E-state index in [-0.39, 0.29) is 0 Å². The Bertz CT molecular complexity index is 350. The molecular formula is C16H24O. The van der Waals surface area contributed by atoms with E-state index in [1.54, 1.807) is 7.11 Å². The lowest BCUT2D eigenvalue weighted by Crippen LogP contribution is -1.81. The third-order valence-electron chi connectivity index (χ3n) is 2.46. The van der Waals surface area contributed by atoms with Gasteiger partial charge in [0, 0.05) is 0 Å². The maximum atomic E-state index is 5.00. The van der Waals surface area contributed by atoms with E-state index in [1.807, 2.05) is 37.3 Å². The maximum Gasteiger partial charge on any atom is 0.119 e. The molecule has 0 aromatic heterocycles. The average Bonchev–Trinajstić information content (AvgIpc) is 2.36. The Balaban J connectivity index is 0.000000304. The van der Waals surface area contributed by atoms with Crippen LogP contribution in [-0.4, -0.2) is 7.11 Å². The molecule has 17 heavy (non-hydrogen) atoms. The molecule has 0 bridgehead atoms. The Hall–Kier alpha value is -1.50. The Labute approximate surface area is 106 Å². The van der Waals surface area contributed by atoms with E-state index in [4.69, 9.17) is 4.74 Å². The summed E-state index contributed by atoms with van der Waals surface area (Å²) in [7, 11) is 1.68. The molecule has 1 aromatic rings. The van der Waals surface area contributed by atoms with Crippen LogP contribution in [0.25, 0.3) is 0 Å². The second-order valence-corrected chi connectivity index (χ2v) is 3.98. The summed E-state index contributed by atoms with van der Waals surface area (Å²) in [6, 6.07) is 7.96. The zero-order valence-corrected chi connectivity index (χ0v) is 11.5. The summed E-state index contributed by atoms with van der Waals surface area (Å²) in [4.78, 5) is 0. The van der Waals surface area contributed by atoms with E-state index in [9.17, 15) is 0 Å². The van der Waals surface area contributed by atoms with Gasteiger partial charge in [-0.25, -0.2) is 0 Å². The Kier molecular flexibility index (Phi) is 8.85. The minimum Gasteiger partial charge on any atom is -0.497 e. The van der Waals surface area contributed by atoms with Crippen LogP contribution in [0.15, 0.2) is 48.6 Å². The number of aryl methyl sites for hydroxylation is 1. The zero-order chi connectivity index (χ0) is 13.1. The van der Waals surface area contributed by atoms with Crippen molar-refractivity contribution in [1.82, 2.24) is 0 Å². The highest BCUT2D eigenvalue weighted by molar-refractivity contribution is 5.27. The van der Waals surface area contributed by atoms with Crippen molar-refractivity contribution in [3.63, 3.8) is 0 Å². The van der Waals surface area contributed by atoms with Gasteiger partial charge in [-0.15, -0.1) is 6.58 Å². The van der Waals surface area contributed by atoms with Gasteiger partial charge in [0.1, 0.15) is 5.75 Å². The van der Waals surface area contributed by atoms with Crippen LogP contribution in [0.3, 0.4) is 0 Å². The molecule has 1 aromatic carbocycles. The van der Waals surface area contributed by atoms with Crippen LogP contribution < -0.4 is 4.74 Å². The van der Waals surface area contributed by atoms with Gasteiger partial charge in [0.15, 0.2) is 0 Å². The first-order valence-electron chi connectivity index (χ1n) is 5.97. The van der Waals surface area contributed by atoms with Crippen molar-refractivity contribution in [2.75, 3.05) is 7.11 Å². The fraction of sp³-hybridized carbons (Fsp3) is 0.375. The van der Waals surface area contributed by atoms with Crippen LogP contribution in [0, 0.1) is 6.92 Å². The molecule has 0 fully saturated rings. The summed E-state index contributed by atoms with van der Waals surface area (Å²) in [5, 5.41) is 0. The quantitative estimate of drug-likeness (QED) is 0.669. The molecule has 1 heteroatoms. The molecule has 0 heterocycles. The van der Waals surface area contributed by atoms with Gasteiger partial charge in [-0.2, -0.15) is 0 Å². The summed E-state index contributed by atoms with van der Waals surface area (Å²) >= 11 is 0. The van der Waals surface area contributed by atoms with E-state index in [1.165, 1.54) is 17.6 Å². The fourth-order valence-electron chi connectivity index (χ4n) is 1.22. The molecule has 0 saturated heterocycles. The molecule has 0 aliphatic carbocycles. The molecule has 0 aliphatic heterocycles. The number of hydrogen-bond donors (Lipinski definition) is 0. The van der Waals surface area contributed by atoms with Gasteiger partial charge in [-0.1, -0.05) is 29.9 Å². The van der Waals surface area contributed by atoms with Crippen molar-refractivity contribution >= 4 is 0 Å². The lowest BCUT2D eigenvalue weighted by molar-refractivity contribution is 0.414. The largest absolute Gasteiger partial charge is 0.497 e. The molecule has 1 nitrogen and oxygen atoms in total. The van der Waals surface area contributed by atoms with Crippen LogP contribution in [0.5, 0.6) is 5.75 Å². The Morgan fingerprint density at radius 3 is 2.53 bits per heavy atom. The van der Waals surface area contributed by atoms with Gasteiger partial charge in [-0.3, -0.25) is 0 Å². The summed E-state index contributed by atoms with van der Waals surface area (Å²) in [6.45, 7) is 9.89. The highest BCUT2D eigenvalue weighted by atomic mass is 16.5. The molecule has 1 rings (SSSR count). The summed E-state index contributed by atoms with van der Waals surface area (Å²) in [6.07, 6.45) is 6.37.